The molecule has 0 aromatic heterocycles. The Balaban J connectivity index is 4.00. The molecule has 0 unspecified atom stereocenters. The lowest BCUT2D eigenvalue weighted by Crippen LogP contribution is -2.13. The van der Waals surface area contributed by atoms with E-state index in [1.54, 1.807) is 0 Å². The lowest BCUT2D eigenvalue weighted by atomic mass is 10.5. The number of rotatable bonds is 3. The normalized spacial score (nSPS) is 12.4. The fraction of sp³-hybridized carbons (Fsp3) is 0.400. The minimum absolute atomic E-state index is 0.151. The highest BCUT2D eigenvalue weighted by atomic mass is 15.2. The molecule has 0 aliphatic heterocycles. The summed E-state index contributed by atoms with van der Waals surface area (Å²) in [6, 6.07) is 0. The Morgan fingerprint density at radius 3 is 2.18 bits per heavy atom. The van der Waals surface area contributed by atoms with E-state index < -0.39 is 0 Å². The molecule has 0 aliphatic rings. The maximum Gasteiger partial charge on any atom is 0.183 e. The molecule has 0 heterocycles. The Kier molecular flexibility index (Phi) is 4.87. The molecule has 11 heavy (non-hydrogen) atoms. The summed E-state index contributed by atoms with van der Waals surface area (Å²) in [5, 5.41) is 10.4. The van der Waals surface area contributed by atoms with Gasteiger partial charge in [0.15, 0.2) is 5.84 Å². The second kappa shape index (κ2) is 5.51. The van der Waals surface area contributed by atoms with Crippen molar-refractivity contribution in [1.29, 1.82) is 0 Å². The maximum absolute atomic E-state index is 5.19. The monoisotopic (exact) mass is 156 g/mol. The van der Waals surface area contributed by atoms with Crippen LogP contribution in [0.25, 0.3) is 0 Å². The van der Waals surface area contributed by atoms with Gasteiger partial charge < -0.3 is 17.3 Å². The van der Waals surface area contributed by atoms with E-state index in [0.717, 1.165) is 0 Å². The zero-order chi connectivity index (χ0) is 8.69. The van der Waals surface area contributed by atoms with Crippen LogP contribution >= 0.6 is 0 Å². The second-order valence-electron chi connectivity index (χ2n) is 1.72. The van der Waals surface area contributed by atoms with Crippen molar-refractivity contribution >= 4 is 5.84 Å². The van der Waals surface area contributed by atoms with Gasteiger partial charge in [0.1, 0.15) is 0 Å². The molecule has 0 aliphatic carbocycles. The van der Waals surface area contributed by atoms with Crippen molar-refractivity contribution in [3.8, 4) is 0 Å². The first kappa shape index (κ1) is 9.73. The fourth-order valence-electron chi connectivity index (χ4n) is 0.289. The molecule has 6 N–H and O–H groups in total. The molecule has 0 spiro atoms. The van der Waals surface area contributed by atoms with Crippen molar-refractivity contribution in [3.05, 3.63) is 12.3 Å². The van der Waals surface area contributed by atoms with Crippen LogP contribution in [-0.4, -0.2) is 18.9 Å². The Morgan fingerprint density at radius 1 is 1.18 bits per heavy atom. The predicted molar refractivity (Wildman–Crippen MR) is 43.7 cm³/mol. The van der Waals surface area contributed by atoms with Crippen LogP contribution in [-0.2, 0) is 0 Å². The van der Waals surface area contributed by atoms with E-state index in [2.05, 4.69) is 21.9 Å². The van der Waals surface area contributed by atoms with Gasteiger partial charge in [-0.25, -0.2) is 0 Å². The molecule has 0 aromatic rings. The van der Waals surface area contributed by atoms with Gasteiger partial charge in [0.25, 0.3) is 0 Å². The van der Waals surface area contributed by atoms with Crippen LogP contribution < -0.4 is 17.3 Å². The van der Waals surface area contributed by atoms with Gasteiger partial charge in [0.2, 0.25) is 0 Å². The SMILES string of the molecule is C=C(CN)/N=N\C(CN)=N/N. The number of hydrogen-bond donors (Lipinski definition) is 3. The summed E-state index contributed by atoms with van der Waals surface area (Å²) in [7, 11) is 0. The number of hydrogen-bond acceptors (Lipinski definition) is 5. The third kappa shape index (κ3) is 4.18. The van der Waals surface area contributed by atoms with Crippen LogP contribution in [0.15, 0.2) is 27.6 Å². The summed E-state index contributed by atoms with van der Waals surface area (Å²) in [5.74, 6) is 5.17. The van der Waals surface area contributed by atoms with E-state index in [4.69, 9.17) is 17.3 Å². The number of azo groups is 1. The van der Waals surface area contributed by atoms with Crippen LogP contribution in [0.2, 0.25) is 0 Å². The van der Waals surface area contributed by atoms with Gasteiger partial charge in [-0.1, -0.05) is 6.58 Å². The molecule has 6 heteroatoms. The van der Waals surface area contributed by atoms with E-state index in [9.17, 15) is 0 Å². The molecular weight excluding hydrogens is 144 g/mol. The molecule has 0 rings (SSSR count). The average Bonchev–Trinajstić information content (AvgIpc) is 2.06. The van der Waals surface area contributed by atoms with Crippen molar-refractivity contribution in [2.75, 3.05) is 13.1 Å². The van der Waals surface area contributed by atoms with Gasteiger partial charge in [-0.2, -0.15) is 10.2 Å². The minimum atomic E-state index is 0.151. The smallest absolute Gasteiger partial charge is 0.183 e. The highest BCUT2D eigenvalue weighted by molar-refractivity contribution is 5.83. The van der Waals surface area contributed by atoms with Gasteiger partial charge in [-0.05, 0) is 0 Å². The Hall–Kier alpha value is -1.27. The average molecular weight is 156 g/mol. The molecule has 0 radical (unpaired) electrons. The molecule has 0 bridgehead atoms. The highest BCUT2D eigenvalue weighted by Crippen LogP contribution is 1.89. The van der Waals surface area contributed by atoms with Crippen molar-refractivity contribution in [2.45, 2.75) is 0 Å². The summed E-state index contributed by atoms with van der Waals surface area (Å²) in [6.07, 6.45) is 0. The Bertz CT molecular complexity index is 181. The predicted octanol–water partition coefficient (Wildman–Crippen LogP) is -0.858. The van der Waals surface area contributed by atoms with Gasteiger partial charge in [-0.15, -0.1) is 5.11 Å². The quantitative estimate of drug-likeness (QED) is 0.162. The van der Waals surface area contributed by atoms with Crippen LogP contribution in [0.5, 0.6) is 0 Å². The Morgan fingerprint density at radius 2 is 1.82 bits per heavy atom. The van der Waals surface area contributed by atoms with Crippen molar-refractivity contribution in [2.24, 2.45) is 32.6 Å². The summed E-state index contributed by atoms with van der Waals surface area (Å²) in [6.45, 7) is 3.90. The number of hydrazone groups is 1. The van der Waals surface area contributed by atoms with Crippen LogP contribution in [0.4, 0.5) is 0 Å². The van der Waals surface area contributed by atoms with E-state index in [0.29, 0.717) is 5.70 Å². The van der Waals surface area contributed by atoms with E-state index in [1.807, 2.05) is 0 Å². The van der Waals surface area contributed by atoms with Gasteiger partial charge in [0.05, 0.1) is 12.2 Å². The molecule has 62 valence electrons. The number of nitrogens with two attached hydrogens (primary N) is 3. The summed E-state index contributed by atoms with van der Waals surface area (Å²) < 4.78 is 0. The lowest BCUT2D eigenvalue weighted by Gasteiger charge is -1.92. The molecule has 0 amide bonds. The van der Waals surface area contributed by atoms with Gasteiger partial charge >= 0.3 is 0 Å². The van der Waals surface area contributed by atoms with E-state index in [1.165, 1.54) is 0 Å². The van der Waals surface area contributed by atoms with E-state index >= 15 is 0 Å². The second-order valence-corrected chi connectivity index (χ2v) is 1.72. The zero-order valence-corrected chi connectivity index (χ0v) is 6.20. The van der Waals surface area contributed by atoms with E-state index in [-0.39, 0.29) is 18.9 Å². The summed E-state index contributed by atoms with van der Waals surface area (Å²) in [5.41, 5.74) is 10.8. The van der Waals surface area contributed by atoms with Crippen LogP contribution in [0.3, 0.4) is 0 Å². The van der Waals surface area contributed by atoms with Crippen molar-refractivity contribution in [3.63, 3.8) is 0 Å². The topological polar surface area (TPSA) is 115 Å². The fourth-order valence-corrected chi connectivity index (χ4v) is 0.289. The minimum Gasteiger partial charge on any atom is -0.325 e. The van der Waals surface area contributed by atoms with Crippen LogP contribution in [0.1, 0.15) is 0 Å². The Labute approximate surface area is 64.8 Å². The number of amidine groups is 1. The molecule has 0 saturated heterocycles. The third-order valence-electron chi connectivity index (χ3n) is 0.874. The molecular formula is C5H12N6. The molecule has 0 fully saturated rings. The van der Waals surface area contributed by atoms with Crippen molar-refractivity contribution < 1.29 is 0 Å². The molecule has 6 nitrogen and oxygen atoms in total. The standard InChI is InChI=1S/C5H12N6/c1-4(2-6)10-11-5(3-7)9-8/h1-3,6-8H2/b9-5-,11-10-. The molecule has 0 atom stereocenters. The summed E-state index contributed by atoms with van der Waals surface area (Å²) in [4.78, 5) is 0. The largest absolute Gasteiger partial charge is 0.325 e. The first-order valence-electron chi connectivity index (χ1n) is 3.01. The first-order chi connectivity index (χ1) is 5.24. The summed E-state index contributed by atoms with van der Waals surface area (Å²) >= 11 is 0. The molecule has 0 aromatic carbocycles. The van der Waals surface area contributed by atoms with Gasteiger partial charge in [0, 0.05) is 6.54 Å². The molecule has 0 saturated carbocycles. The highest BCUT2D eigenvalue weighted by Gasteiger charge is 1.90. The van der Waals surface area contributed by atoms with Crippen molar-refractivity contribution in [1.82, 2.24) is 0 Å². The van der Waals surface area contributed by atoms with Crippen LogP contribution in [0, 0.1) is 0 Å². The maximum atomic E-state index is 5.19. The number of nitrogens with zero attached hydrogens (tertiary/aromatic N) is 3. The zero-order valence-electron chi connectivity index (χ0n) is 6.20. The first-order valence-corrected chi connectivity index (χ1v) is 3.01. The third-order valence-corrected chi connectivity index (χ3v) is 0.874. The van der Waals surface area contributed by atoms with Gasteiger partial charge in [-0.3, -0.25) is 0 Å². The lowest BCUT2D eigenvalue weighted by molar-refractivity contribution is 1.03.